The first kappa shape index (κ1) is 16.3. The molecule has 0 saturated carbocycles. The van der Waals surface area contributed by atoms with Crippen molar-refractivity contribution in [2.75, 3.05) is 0 Å². The molecule has 1 aliphatic heterocycles. The molecule has 0 atom stereocenters. The first-order chi connectivity index (χ1) is 10.1. The van der Waals surface area contributed by atoms with E-state index in [4.69, 9.17) is 32.7 Å². The molecule has 22 heavy (non-hydrogen) atoms. The van der Waals surface area contributed by atoms with Crippen molar-refractivity contribution in [2.45, 2.75) is 19.6 Å². The lowest BCUT2D eigenvalue weighted by molar-refractivity contribution is -0.384. The lowest BCUT2D eigenvalue weighted by Crippen LogP contribution is -2.41. The van der Waals surface area contributed by atoms with E-state index in [0.717, 1.165) is 18.2 Å². The molecule has 7 nitrogen and oxygen atoms in total. The molecule has 0 bridgehead atoms. The van der Waals surface area contributed by atoms with Gasteiger partial charge >= 0.3 is 11.9 Å². The third-order valence-electron chi connectivity index (χ3n) is 2.68. The quantitative estimate of drug-likeness (QED) is 0.268. The second kappa shape index (κ2) is 5.58. The summed E-state index contributed by atoms with van der Waals surface area (Å²) in [6.07, 6.45) is 1.06. The Kier molecular flexibility index (Phi) is 4.12. The summed E-state index contributed by atoms with van der Waals surface area (Å²) in [7, 11) is 0. The van der Waals surface area contributed by atoms with Crippen molar-refractivity contribution in [3.05, 3.63) is 43.4 Å². The minimum absolute atomic E-state index is 0.0357. The fourth-order valence-corrected chi connectivity index (χ4v) is 2.24. The Bertz CT molecular complexity index is 703. The van der Waals surface area contributed by atoms with E-state index in [9.17, 15) is 19.7 Å². The maximum atomic E-state index is 11.8. The Morgan fingerprint density at radius 2 is 1.68 bits per heavy atom. The van der Waals surface area contributed by atoms with E-state index >= 15 is 0 Å². The molecular formula is C13H9Cl2NO6. The first-order valence-corrected chi connectivity index (χ1v) is 6.68. The number of nitro benzene ring substituents is 1. The van der Waals surface area contributed by atoms with E-state index < -0.39 is 33.9 Å². The molecule has 0 unspecified atom stereocenters. The summed E-state index contributed by atoms with van der Waals surface area (Å²) in [4.78, 5) is 33.8. The Hall–Kier alpha value is -2.12. The normalized spacial score (nSPS) is 16.8. The lowest BCUT2D eigenvalue weighted by Gasteiger charge is -2.29. The summed E-state index contributed by atoms with van der Waals surface area (Å²) in [5, 5.41) is 10.7. The average molecular weight is 346 g/mol. The third-order valence-corrected chi connectivity index (χ3v) is 3.31. The van der Waals surface area contributed by atoms with Gasteiger partial charge in [-0.05, 0) is 12.1 Å². The predicted molar refractivity (Wildman–Crippen MR) is 77.4 cm³/mol. The van der Waals surface area contributed by atoms with Gasteiger partial charge in [0.05, 0.1) is 4.92 Å². The van der Waals surface area contributed by atoms with Crippen molar-refractivity contribution in [3.63, 3.8) is 0 Å². The third kappa shape index (κ3) is 3.20. The highest BCUT2D eigenvalue weighted by Crippen LogP contribution is 2.33. The number of benzene rings is 1. The minimum atomic E-state index is -1.37. The number of nitro groups is 1. The van der Waals surface area contributed by atoms with Gasteiger partial charge in [0.1, 0.15) is 10.6 Å². The zero-order valence-electron chi connectivity index (χ0n) is 11.4. The summed E-state index contributed by atoms with van der Waals surface area (Å²) in [5.41, 5.74) is -0.755. The number of carbonyl (C=O) groups is 2. The molecule has 1 heterocycles. The van der Waals surface area contributed by atoms with Gasteiger partial charge in [-0.15, -0.1) is 0 Å². The van der Waals surface area contributed by atoms with Crippen LogP contribution in [0.1, 0.15) is 19.4 Å². The Morgan fingerprint density at radius 1 is 1.14 bits per heavy atom. The molecule has 0 radical (unpaired) electrons. The molecule has 116 valence electrons. The molecule has 0 aromatic heterocycles. The molecule has 0 spiro atoms. The average Bonchev–Trinajstić information content (AvgIpc) is 2.34. The highest BCUT2D eigenvalue weighted by molar-refractivity contribution is 6.37. The van der Waals surface area contributed by atoms with Crippen LogP contribution < -0.4 is 0 Å². The number of nitrogens with zero attached hydrogens (tertiary/aromatic N) is 1. The Labute approximate surface area is 134 Å². The van der Waals surface area contributed by atoms with Crippen LogP contribution in [0.5, 0.6) is 0 Å². The van der Waals surface area contributed by atoms with Gasteiger partial charge in [0.25, 0.3) is 11.5 Å². The van der Waals surface area contributed by atoms with Crippen molar-refractivity contribution in [1.29, 1.82) is 0 Å². The molecule has 1 aromatic carbocycles. The first-order valence-electron chi connectivity index (χ1n) is 5.92. The highest BCUT2D eigenvalue weighted by Gasteiger charge is 2.39. The van der Waals surface area contributed by atoms with Gasteiger partial charge in [-0.25, -0.2) is 9.59 Å². The molecule has 1 aliphatic rings. The molecule has 9 heteroatoms. The van der Waals surface area contributed by atoms with Crippen molar-refractivity contribution < 1.29 is 24.0 Å². The van der Waals surface area contributed by atoms with Crippen LogP contribution in [0, 0.1) is 10.1 Å². The van der Waals surface area contributed by atoms with Crippen molar-refractivity contribution in [3.8, 4) is 0 Å². The van der Waals surface area contributed by atoms with E-state index in [2.05, 4.69) is 0 Å². The van der Waals surface area contributed by atoms with Crippen LogP contribution in [-0.4, -0.2) is 22.6 Å². The van der Waals surface area contributed by atoms with Crippen LogP contribution in [0.4, 0.5) is 5.69 Å². The van der Waals surface area contributed by atoms with E-state index in [1.165, 1.54) is 13.8 Å². The van der Waals surface area contributed by atoms with Crippen molar-refractivity contribution >= 4 is 46.9 Å². The molecule has 1 saturated heterocycles. The molecule has 1 aromatic rings. The summed E-state index contributed by atoms with van der Waals surface area (Å²) in [6, 6.07) is 2.20. The number of hydrogen-bond acceptors (Lipinski definition) is 6. The van der Waals surface area contributed by atoms with Gasteiger partial charge in [-0.2, -0.15) is 0 Å². The van der Waals surface area contributed by atoms with Crippen LogP contribution in [0.3, 0.4) is 0 Å². The van der Waals surface area contributed by atoms with E-state index in [1.807, 2.05) is 0 Å². The molecule has 0 aliphatic carbocycles. The molecular weight excluding hydrogens is 337 g/mol. The molecule has 2 rings (SSSR count). The molecule has 0 N–H and O–H groups in total. The van der Waals surface area contributed by atoms with E-state index in [-0.39, 0.29) is 15.6 Å². The number of esters is 2. The topological polar surface area (TPSA) is 95.7 Å². The van der Waals surface area contributed by atoms with Gasteiger partial charge in [0.15, 0.2) is 0 Å². The number of ether oxygens (including phenoxy) is 2. The summed E-state index contributed by atoms with van der Waals surface area (Å²) >= 11 is 11.6. The monoisotopic (exact) mass is 345 g/mol. The van der Waals surface area contributed by atoms with Gasteiger partial charge in [-0.3, -0.25) is 10.1 Å². The van der Waals surface area contributed by atoms with Gasteiger partial charge in [0, 0.05) is 30.5 Å². The Balaban J connectivity index is 2.49. The number of carbonyl (C=O) groups excluding carboxylic acids is 2. The number of cyclic esters (lactones) is 2. The summed E-state index contributed by atoms with van der Waals surface area (Å²) in [5.74, 6) is -3.19. The SMILES string of the molecule is CC1(C)OC(=O)C(=Cc2cc([N+](=O)[O-])c(Cl)cc2Cl)C(=O)O1. The molecule has 0 amide bonds. The number of hydrogen-bond donors (Lipinski definition) is 0. The zero-order valence-corrected chi connectivity index (χ0v) is 12.9. The van der Waals surface area contributed by atoms with Crippen LogP contribution in [0.2, 0.25) is 10.0 Å². The lowest BCUT2D eigenvalue weighted by atomic mass is 10.1. The molecule has 1 fully saturated rings. The van der Waals surface area contributed by atoms with Crippen LogP contribution in [-0.2, 0) is 19.1 Å². The largest absolute Gasteiger partial charge is 0.419 e. The van der Waals surface area contributed by atoms with Crippen LogP contribution in [0.15, 0.2) is 17.7 Å². The fraction of sp³-hybridized carbons (Fsp3) is 0.231. The maximum absolute atomic E-state index is 11.8. The smallest absolute Gasteiger partial charge is 0.348 e. The summed E-state index contributed by atoms with van der Waals surface area (Å²) in [6.45, 7) is 2.80. The zero-order chi connectivity index (χ0) is 16.7. The van der Waals surface area contributed by atoms with Crippen molar-refractivity contribution in [2.24, 2.45) is 0 Å². The van der Waals surface area contributed by atoms with Crippen molar-refractivity contribution in [1.82, 2.24) is 0 Å². The van der Waals surface area contributed by atoms with Crippen LogP contribution >= 0.6 is 23.2 Å². The van der Waals surface area contributed by atoms with Crippen LogP contribution in [0.25, 0.3) is 6.08 Å². The van der Waals surface area contributed by atoms with Gasteiger partial charge in [0.2, 0.25) is 0 Å². The fourth-order valence-electron chi connectivity index (χ4n) is 1.74. The highest BCUT2D eigenvalue weighted by atomic mass is 35.5. The second-order valence-corrected chi connectivity index (χ2v) is 5.63. The second-order valence-electron chi connectivity index (χ2n) is 4.82. The van der Waals surface area contributed by atoms with Gasteiger partial charge in [-0.1, -0.05) is 23.2 Å². The minimum Gasteiger partial charge on any atom is -0.419 e. The number of halogens is 2. The summed E-state index contributed by atoms with van der Waals surface area (Å²) < 4.78 is 9.83. The standard InChI is InChI=1S/C13H9Cl2NO6/c1-13(2)21-11(17)7(12(18)22-13)3-6-4-10(16(19)20)9(15)5-8(6)14/h3-5H,1-2H3. The van der Waals surface area contributed by atoms with Gasteiger partial charge < -0.3 is 9.47 Å². The van der Waals surface area contributed by atoms with E-state index in [0.29, 0.717) is 0 Å². The predicted octanol–water partition coefficient (Wildman–Crippen LogP) is 3.12. The maximum Gasteiger partial charge on any atom is 0.348 e. The van der Waals surface area contributed by atoms with E-state index in [1.54, 1.807) is 0 Å². The Morgan fingerprint density at radius 3 is 2.18 bits per heavy atom. The number of rotatable bonds is 2.